The number of nitrogens with two attached hydrogens (primary N) is 1. The summed E-state index contributed by atoms with van der Waals surface area (Å²) in [5.41, 5.74) is 6.25. The predicted octanol–water partition coefficient (Wildman–Crippen LogP) is 0.872. The molecule has 3 nitrogen and oxygen atoms in total. The van der Waals surface area contributed by atoms with Gasteiger partial charge in [0, 0.05) is 17.3 Å². The quantitative estimate of drug-likeness (QED) is 0.736. The monoisotopic (exact) mass is 186 g/mol. The molecule has 0 atom stereocenters. The van der Waals surface area contributed by atoms with E-state index in [2.05, 4.69) is 4.98 Å². The van der Waals surface area contributed by atoms with Crippen LogP contribution in [-0.4, -0.2) is 16.6 Å². The van der Waals surface area contributed by atoms with Gasteiger partial charge in [-0.1, -0.05) is 13.8 Å². The van der Waals surface area contributed by atoms with Crippen LogP contribution in [0.3, 0.4) is 0 Å². The normalized spacial score (nSPS) is 12.0. The Morgan fingerprint density at radius 1 is 1.67 bits per heavy atom. The maximum atomic E-state index is 8.80. The van der Waals surface area contributed by atoms with Crippen LogP contribution in [0.15, 0.2) is 5.38 Å². The van der Waals surface area contributed by atoms with Gasteiger partial charge in [-0.15, -0.1) is 11.3 Å². The van der Waals surface area contributed by atoms with Crippen molar-refractivity contribution >= 4 is 11.3 Å². The molecule has 1 aromatic rings. The molecule has 3 N–H and O–H groups in total. The lowest BCUT2D eigenvalue weighted by Crippen LogP contribution is -2.27. The molecule has 1 rings (SSSR count). The maximum absolute atomic E-state index is 8.80. The van der Waals surface area contributed by atoms with Crippen LogP contribution in [0.25, 0.3) is 0 Å². The van der Waals surface area contributed by atoms with Crippen molar-refractivity contribution in [2.45, 2.75) is 25.9 Å². The van der Waals surface area contributed by atoms with Crippen LogP contribution in [0.1, 0.15) is 24.5 Å². The summed E-state index contributed by atoms with van der Waals surface area (Å²) in [7, 11) is 0. The van der Waals surface area contributed by atoms with Crippen molar-refractivity contribution in [3.8, 4) is 0 Å². The number of aliphatic hydroxyl groups is 1. The zero-order valence-corrected chi connectivity index (χ0v) is 8.19. The summed E-state index contributed by atoms with van der Waals surface area (Å²) < 4.78 is 0. The lowest BCUT2D eigenvalue weighted by molar-refractivity contribution is 0.277. The molecule has 0 aliphatic carbocycles. The highest BCUT2D eigenvalue weighted by Gasteiger charge is 2.21. The van der Waals surface area contributed by atoms with Crippen molar-refractivity contribution in [1.82, 2.24) is 4.98 Å². The number of nitrogens with zero attached hydrogens (tertiary/aromatic N) is 1. The largest absolute Gasteiger partial charge is 0.390 e. The van der Waals surface area contributed by atoms with Gasteiger partial charge in [0.2, 0.25) is 0 Å². The summed E-state index contributed by atoms with van der Waals surface area (Å²) in [6, 6.07) is 0. The van der Waals surface area contributed by atoms with E-state index in [1.165, 1.54) is 0 Å². The highest BCUT2D eigenvalue weighted by molar-refractivity contribution is 7.09. The van der Waals surface area contributed by atoms with Crippen molar-refractivity contribution < 1.29 is 5.11 Å². The van der Waals surface area contributed by atoms with E-state index in [0.29, 0.717) is 6.54 Å². The van der Waals surface area contributed by atoms with Crippen molar-refractivity contribution in [2.75, 3.05) is 6.54 Å². The van der Waals surface area contributed by atoms with Crippen LogP contribution in [0.5, 0.6) is 0 Å². The molecule has 0 aliphatic heterocycles. The molecule has 12 heavy (non-hydrogen) atoms. The Bertz CT molecular complexity index is 257. The number of hydrogen-bond donors (Lipinski definition) is 2. The van der Waals surface area contributed by atoms with Crippen LogP contribution in [0.4, 0.5) is 0 Å². The van der Waals surface area contributed by atoms with E-state index < -0.39 is 0 Å². The van der Waals surface area contributed by atoms with Gasteiger partial charge in [0.15, 0.2) is 0 Å². The molecule has 0 saturated heterocycles. The SMILES string of the molecule is CC(C)(CN)c1nc(CO)cs1. The number of thiazole rings is 1. The van der Waals surface area contributed by atoms with Gasteiger partial charge in [-0.2, -0.15) is 0 Å². The average molecular weight is 186 g/mol. The van der Waals surface area contributed by atoms with Crippen molar-refractivity contribution in [2.24, 2.45) is 5.73 Å². The first-order chi connectivity index (χ1) is 5.60. The smallest absolute Gasteiger partial charge is 0.0998 e. The summed E-state index contributed by atoms with van der Waals surface area (Å²) in [4.78, 5) is 4.26. The zero-order valence-electron chi connectivity index (χ0n) is 7.37. The summed E-state index contributed by atoms with van der Waals surface area (Å²) in [5.74, 6) is 0. The second-order valence-electron chi connectivity index (χ2n) is 3.39. The molecule has 0 fully saturated rings. The molecule has 0 radical (unpaired) electrons. The minimum Gasteiger partial charge on any atom is -0.390 e. The number of rotatable bonds is 3. The molecule has 68 valence electrons. The Labute approximate surface area is 76.3 Å². The highest BCUT2D eigenvalue weighted by atomic mass is 32.1. The fraction of sp³-hybridized carbons (Fsp3) is 0.625. The third kappa shape index (κ3) is 1.83. The van der Waals surface area contributed by atoms with Crippen molar-refractivity contribution in [1.29, 1.82) is 0 Å². The van der Waals surface area contributed by atoms with Crippen LogP contribution in [0.2, 0.25) is 0 Å². The molecule has 1 heterocycles. The second-order valence-corrected chi connectivity index (χ2v) is 4.25. The van der Waals surface area contributed by atoms with Crippen LogP contribution >= 0.6 is 11.3 Å². The van der Waals surface area contributed by atoms with E-state index in [1.807, 2.05) is 19.2 Å². The molecule has 4 heteroatoms. The Hall–Kier alpha value is -0.450. The molecular weight excluding hydrogens is 172 g/mol. The number of aromatic nitrogens is 1. The van der Waals surface area contributed by atoms with Gasteiger partial charge in [-0.05, 0) is 0 Å². The molecule has 0 saturated carbocycles. The zero-order chi connectivity index (χ0) is 9.19. The van der Waals surface area contributed by atoms with Gasteiger partial charge in [0.25, 0.3) is 0 Å². The first-order valence-corrected chi connectivity index (χ1v) is 4.74. The third-order valence-electron chi connectivity index (χ3n) is 1.80. The average Bonchev–Trinajstić information content (AvgIpc) is 2.52. The summed E-state index contributed by atoms with van der Waals surface area (Å²) >= 11 is 1.55. The highest BCUT2D eigenvalue weighted by Crippen LogP contribution is 2.25. The molecule has 0 aliphatic rings. The fourth-order valence-corrected chi connectivity index (χ4v) is 1.72. The Morgan fingerprint density at radius 2 is 2.33 bits per heavy atom. The van der Waals surface area contributed by atoms with E-state index in [4.69, 9.17) is 10.8 Å². The minimum atomic E-state index is -0.0713. The lowest BCUT2D eigenvalue weighted by atomic mass is 9.95. The van der Waals surface area contributed by atoms with Crippen molar-refractivity contribution in [3.63, 3.8) is 0 Å². The summed E-state index contributed by atoms with van der Waals surface area (Å²) in [6.45, 7) is 4.68. The Morgan fingerprint density at radius 3 is 2.75 bits per heavy atom. The van der Waals surface area contributed by atoms with E-state index >= 15 is 0 Å². The third-order valence-corrected chi connectivity index (χ3v) is 3.06. The van der Waals surface area contributed by atoms with Gasteiger partial charge in [0.1, 0.15) is 0 Å². The summed E-state index contributed by atoms with van der Waals surface area (Å²) in [5, 5.41) is 11.7. The maximum Gasteiger partial charge on any atom is 0.0998 e. The Balaban J connectivity index is 2.88. The van der Waals surface area contributed by atoms with Gasteiger partial charge < -0.3 is 10.8 Å². The summed E-state index contributed by atoms with van der Waals surface area (Å²) in [6.07, 6.45) is 0. The Kier molecular flexibility index (Phi) is 2.82. The topological polar surface area (TPSA) is 59.1 Å². The predicted molar refractivity (Wildman–Crippen MR) is 50.1 cm³/mol. The first kappa shape index (κ1) is 9.64. The molecule has 1 aromatic heterocycles. The lowest BCUT2D eigenvalue weighted by Gasteiger charge is -2.18. The first-order valence-electron chi connectivity index (χ1n) is 3.86. The van der Waals surface area contributed by atoms with Crippen LogP contribution in [0, 0.1) is 0 Å². The van der Waals surface area contributed by atoms with Crippen molar-refractivity contribution in [3.05, 3.63) is 16.1 Å². The van der Waals surface area contributed by atoms with Gasteiger partial charge in [-0.25, -0.2) is 4.98 Å². The fourth-order valence-electron chi connectivity index (χ4n) is 0.778. The molecule has 0 aromatic carbocycles. The standard InChI is InChI=1S/C8H14N2OS/c1-8(2,5-9)7-10-6(3-11)4-12-7/h4,11H,3,5,9H2,1-2H3. The molecule has 0 bridgehead atoms. The minimum absolute atomic E-state index is 0.0111. The van der Waals surface area contributed by atoms with Gasteiger partial charge in [0.05, 0.1) is 17.3 Å². The molecule has 0 amide bonds. The number of aliphatic hydroxyl groups excluding tert-OH is 1. The molecule has 0 unspecified atom stereocenters. The molecular formula is C8H14N2OS. The van der Waals surface area contributed by atoms with E-state index in [9.17, 15) is 0 Å². The van der Waals surface area contributed by atoms with Gasteiger partial charge in [-0.3, -0.25) is 0 Å². The second kappa shape index (κ2) is 3.51. The van der Waals surface area contributed by atoms with Crippen LogP contribution < -0.4 is 5.73 Å². The van der Waals surface area contributed by atoms with E-state index in [-0.39, 0.29) is 12.0 Å². The van der Waals surface area contributed by atoms with Crippen LogP contribution in [-0.2, 0) is 12.0 Å². The molecule has 0 spiro atoms. The van der Waals surface area contributed by atoms with E-state index in [0.717, 1.165) is 10.7 Å². The number of hydrogen-bond acceptors (Lipinski definition) is 4. The van der Waals surface area contributed by atoms with E-state index in [1.54, 1.807) is 11.3 Å². The van der Waals surface area contributed by atoms with Gasteiger partial charge >= 0.3 is 0 Å².